The second kappa shape index (κ2) is 12.2. The molecule has 0 aliphatic rings. The Morgan fingerprint density at radius 3 is 2.17 bits per heavy atom. The predicted octanol–water partition coefficient (Wildman–Crippen LogP) is 4.55. The molecule has 3 aromatic rings. The highest BCUT2D eigenvalue weighted by Crippen LogP contribution is 2.19. The summed E-state index contributed by atoms with van der Waals surface area (Å²) in [7, 11) is 1.56. The minimum Gasteiger partial charge on any atom is -0.497 e. The standard InChI is InChI=1S/C27H29N3O5/c1-4-25(31)29-21-12-8-19(9-13-21)18(2)28-27(33)20-10-14-23(15-11-20)35-17-26(32)30-22-6-5-7-24(16-22)34-3/h5-16,18H,4,17H2,1-3H3,(H,28,33)(H,29,31)(H,30,32). The zero-order valence-electron chi connectivity index (χ0n) is 20.0. The van der Waals surface area contributed by atoms with E-state index in [1.165, 1.54) is 0 Å². The van der Waals surface area contributed by atoms with Gasteiger partial charge in [0.15, 0.2) is 6.61 Å². The molecule has 1 unspecified atom stereocenters. The quantitative estimate of drug-likeness (QED) is 0.399. The Labute approximate surface area is 204 Å². The maximum atomic E-state index is 12.6. The third-order valence-electron chi connectivity index (χ3n) is 5.20. The van der Waals surface area contributed by atoms with Crippen molar-refractivity contribution in [2.24, 2.45) is 0 Å². The van der Waals surface area contributed by atoms with Crippen LogP contribution in [0.1, 0.15) is 42.2 Å². The lowest BCUT2D eigenvalue weighted by Gasteiger charge is -2.15. The van der Waals surface area contributed by atoms with Crippen molar-refractivity contribution in [1.29, 1.82) is 0 Å². The molecule has 0 aromatic heterocycles. The van der Waals surface area contributed by atoms with Crippen molar-refractivity contribution < 1.29 is 23.9 Å². The molecule has 0 radical (unpaired) electrons. The average Bonchev–Trinajstić information content (AvgIpc) is 2.88. The molecule has 0 aliphatic carbocycles. The molecule has 0 bridgehead atoms. The van der Waals surface area contributed by atoms with E-state index in [1.807, 2.05) is 31.2 Å². The van der Waals surface area contributed by atoms with Crippen LogP contribution in [0.5, 0.6) is 11.5 Å². The van der Waals surface area contributed by atoms with Crippen LogP contribution in [0.4, 0.5) is 11.4 Å². The van der Waals surface area contributed by atoms with Gasteiger partial charge in [-0.1, -0.05) is 25.1 Å². The number of ether oxygens (including phenoxy) is 2. The molecule has 0 spiro atoms. The van der Waals surface area contributed by atoms with E-state index in [-0.39, 0.29) is 30.4 Å². The molecule has 0 heterocycles. The molecule has 0 saturated carbocycles. The molecule has 8 heteroatoms. The number of carbonyl (C=O) groups is 3. The third-order valence-corrected chi connectivity index (χ3v) is 5.20. The molecule has 0 saturated heterocycles. The smallest absolute Gasteiger partial charge is 0.262 e. The molecule has 35 heavy (non-hydrogen) atoms. The molecule has 0 fully saturated rings. The minimum atomic E-state index is -0.311. The van der Waals surface area contributed by atoms with Crippen molar-refractivity contribution in [2.45, 2.75) is 26.3 Å². The Morgan fingerprint density at radius 2 is 1.51 bits per heavy atom. The maximum absolute atomic E-state index is 12.6. The molecule has 3 aromatic carbocycles. The van der Waals surface area contributed by atoms with Crippen LogP contribution in [0, 0.1) is 0 Å². The van der Waals surface area contributed by atoms with Crippen LogP contribution in [-0.2, 0) is 9.59 Å². The first kappa shape index (κ1) is 25.3. The fraction of sp³-hybridized carbons (Fsp3) is 0.222. The van der Waals surface area contributed by atoms with Gasteiger partial charge in [-0.25, -0.2) is 0 Å². The lowest BCUT2D eigenvalue weighted by Crippen LogP contribution is -2.26. The first-order chi connectivity index (χ1) is 16.9. The fourth-order valence-corrected chi connectivity index (χ4v) is 3.22. The van der Waals surface area contributed by atoms with Gasteiger partial charge in [-0.2, -0.15) is 0 Å². The topological polar surface area (TPSA) is 106 Å². The van der Waals surface area contributed by atoms with Gasteiger partial charge in [0.1, 0.15) is 11.5 Å². The Bertz CT molecular complexity index is 1160. The summed E-state index contributed by atoms with van der Waals surface area (Å²) in [5, 5.41) is 8.48. The van der Waals surface area contributed by atoms with Gasteiger partial charge in [0.25, 0.3) is 11.8 Å². The van der Waals surface area contributed by atoms with Crippen LogP contribution in [0.25, 0.3) is 0 Å². The summed E-state index contributed by atoms with van der Waals surface area (Å²) in [6.45, 7) is 3.50. The monoisotopic (exact) mass is 475 g/mol. The Kier molecular flexibility index (Phi) is 8.83. The Hall–Kier alpha value is -4.33. The van der Waals surface area contributed by atoms with Gasteiger partial charge in [-0.3, -0.25) is 14.4 Å². The molecule has 182 valence electrons. The first-order valence-electron chi connectivity index (χ1n) is 11.3. The van der Waals surface area contributed by atoms with Gasteiger partial charge in [-0.05, 0) is 61.0 Å². The summed E-state index contributed by atoms with van der Waals surface area (Å²) < 4.78 is 10.7. The summed E-state index contributed by atoms with van der Waals surface area (Å²) in [5.41, 5.74) is 2.71. The predicted molar refractivity (Wildman–Crippen MR) is 135 cm³/mol. The number of methoxy groups -OCH3 is 1. The van der Waals surface area contributed by atoms with E-state index >= 15 is 0 Å². The fourth-order valence-electron chi connectivity index (χ4n) is 3.22. The first-order valence-corrected chi connectivity index (χ1v) is 11.3. The average molecular weight is 476 g/mol. The summed E-state index contributed by atoms with van der Waals surface area (Å²) in [6.07, 6.45) is 0.411. The van der Waals surface area contributed by atoms with Gasteiger partial charge in [-0.15, -0.1) is 0 Å². The number of carbonyl (C=O) groups excluding carboxylic acids is 3. The lowest BCUT2D eigenvalue weighted by atomic mass is 10.1. The summed E-state index contributed by atoms with van der Waals surface area (Å²) >= 11 is 0. The van der Waals surface area contributed by atoms with Crippen LogP contribution < -0.4 is 25.4 Å². The second-order valence-corrected chi connectivity index (χ2v) is 7.81. The van der Waals surface area contributed by atoms with Crippen molar-refractivity contribution in [3.8, 4) is 11.5 Å². The molecule has 3 rings (SSSR count). The summed E-state index contributed by atoms with van der Waals surface area (Å²) in [4.78, 5) is 36.3. The number of anilines is 2. The number of rotatable bonds is 10. The number of hydrogen-bond acceptors (Lipinski definition) is 5. The van der Waals surface area contributed by atoms with Crippen LogP contribution in [0.2, 0.25) is 0 Å². The van der Waals surface area contributed by atoms with Gasteiger partial charge >= 0.3 is 0 Å². The molecule has 1 atom stereocenters. The molecular weight excluding hydrogens is 446 g/mol. The van der Waals surface area contributed by atoms with Crippen molar-refractivity contribution in [2.75, 3.05) is 24.4 Å². The molecule has 0 aliphatic heterocycles. The maximum Gasteiger partial charge on any atom is 0.262 e. The molecule has 8 nitrogen and oxygen atoms in total. The molecular formula is C27H29N3O5. The highest BCUT2D eigenvalue weighted by molar-refractivity contribution is 5.95. The van der Waals surface area contributed by atoms with Crippen LogP contribution in [-0.4, -0.2) is 31.4 Å². The normalized spacial score (nSPS) is 11.2. The van der Waals surface area contributed by atoms with Gasteiger partial charge in [0.05, 0.1) is 13.2 Å². The zero-order valence-corrected chi connectivity index (χ0v) is 20.0. The largest absolute Gasteiger partial charge is 0.497 e. The second-order valence-electron chi connectivity index (χ2n) is 7.81. The van der Waals surface area contributed by atoms with Gasteiger partial charge in [0, 0.05) is 29.4 Å². The highest BCUT2D eigenvalue weighted by Gasteiger charge is 2.12. The lowest BCUT2D eigenvalue weighted by molar-refractivity contribution is -0.118. The number of amides is 3. The third kappa shape index (κ3) is 7.60. The Balaban J connectivity index is 1.49. The summed E-state index contributed by atoms with van der Waals surface area (Å²) in [6, 6.07) is 20.7. The van der Waals surface area contributed by atoms with E-state index in [0.29, 0.717) is 34.9 Å². The van der Waals surface area contributed by atoms with E-state index in [4.69, 9.17) is 9.47 Å². The number of nitrogens with one attached hydrogen (secondary N) is 3. The zero-order chi connectivity index (χ0) is 25.2. The van der Waals surface area contributed by atoms with Gasteiger partial charge < -0.3 is 25.4 Å². The van der Waals surface area contributed by atoms with Crippen molar-refractivity contribution >= 4 is 29.1 Å². The van der Waals surface area contributed by atoms with Crippen LogP contribution in [0.15, 0.2) is 72.8 Å². The van der Waals surface area contributed by atoms with Crippen molar-refractivity contribution in [3.63, 3.8) is 0 Å². The van der Waals surface area contributed by atoms with Crippen molar-refractivity contribution in [1.82, 2.24) is 5.32 Å². The highest BCUT2D eigenvalue weighted by atomic mass is 16.5. The van der Waals surface area contributed by atoms with Gasteiger partial charge in [0.2, 0.25) is 5.91 Å². The number of hydrogen-bond donors (Lipinski definition) is 3. The molecule has 3 amide bonds. The van der Waals surface area contributed by atoms with E-state index in [1.54, 1.807) is 62.6 Å². The van der Waals surface area contributed by atoms with E-state index in [2.05, 4.69) is 16.0 Å². The number of benzene rings is 3. The van der Waals surface area contributed by atoms with Crippen LogP contribution >= 0.6 is 0 Å². The van der Waals surface area contributed by atoms with E-state index in [0.717, 1.165) is 5.56 Å². The Morgan fingerprint density at radius 1 is 0.829 bits per heavy atom. The molecule has 3 N–H and O–H groups in total. The van der Waals surface area contributed by atoms with E-state index in [9.17, 15) is 14.4 Å². The van der Waals surface area contributed by atoms with Crippen LogP contribution in [0.3, 0.4) is 0 Å². The minimum absolute atomic E-state index is 0.0518. The SMILES string of the molecule is CCC(=O)Nc1ccc(C(C)NC(=O)c2ccc(OCC(=O)Nc3cccc(OC)c3)cc2)cc1. The van der Waals surface area contributed by atoms with Crippen molar-refractivity contribution in [3.05, 3.63) is 83.9 Å². The summed E-state index contributed by atoms with van der Waals surface area (Å²) in [5.74, 6) is 0.519. The van der Waals surface area contributed by atoms with E-state index < -0.39 is 0 Å².